The molecular formula is C14H16ClFN6O. The molecule has 2 fully saturated rings. The molecule has 0 aromatic carbocycles. The number of carbonyl (C=O) groups excluding carboxylic acids is 1. The zero-order chi connectivity index (χ0) is 16.2. The number of rotatable bonds is 2. The molecule has 4 rings (SSSR count). The quantitative estimate of drug-likeness (QED) is 0.771. The lowest BCUT2D eigenvalue weighted by Gasteiger charge is -2.34. The summed E-state index contributed by atoms with van der Waals surface area (Å²) in [6.07, 6.45) is 0.706. The monoisotopic (exact) mass is 338 g/mol. The summed E-state index contributed by atoms with van der Waals surface area (Å²) in [6, 6.07) is 1.72. The number of carbonyl (C=O) groups is 1. The molecular weight excluding hydrogens is 323 g/mol. The van der Waals surface area contributed by atoms with Crippen LogP contribution in [0.3, 0.4) is 0 Å². The van der Waals surface area contributed by atoms with Gasteiger partial charge in [0, 0.05) is 31.9 Å². The molecule has 0 spiro atoms. The van der Waals surface area contributed by atoms with Gasteiger partial charge >= 0.3 is 0 Å². The van der Waals surface area contributed by atoms with Crippen molar-refractivity contribution < 1.29 is 9.18 Å². The van der Waals surface area contributed by atoms with Crippen molar-refractivity contribution in [1.82, 2.24) is 24.5 Å². The van der Waals surface area contributed by atoms with E-state index in [9.17, 15) is 9.18 Å². The van der Waals surface area contributed by atoms with E-state index in [2.05, 4.69) is 15.1 Å². The van der Waals surface area contributed by atoms with E-state index < -0.39 is 5.67 Å². The number of alkyl halides is 1. The number of halogens is 2. The fourth-order valence-corrected chi connectivity index (χ4v) is 3.05. The highest BCUT2D eigenvalue weighted by molar-refractivity contribution is 6.29. The predicted molar refractivity (Wildman–Crippen MR) is 82.4 cm³/mol. The van der Waals surface area contributed by atoms with Crippen molar-refractivity contribution in [3.05, 3.63) is 16.9 Å². The van der Waals surface area contributed by atoms with Gasteiger partial charge in [0.05, 0.1) is 0 Å². The van der Waals surface area contributed by atoms with Gasteiger partial charge in [-0.3, -0.25) is 4.79 Å². The molecule has 1 saturated heterocycles. The van der Waals surface area contributed by atoms with Crippen molar-refractivity contribution in [3.8, 4) is 0 Å². The number of aryl methyl sites for hydroxylation is 1. The standard InChI is InChI=1S/C14H16ClFN6O/c1-9-8-10(15)17-12-18-13(19-22(9)12)21-6-4-20(5-7-21)11(23)14(16)2-3-14/h8H,2-7H2,1H3. The molecule has 122 valence electrons. The first-order chi connectivity index (χ1) is 11.0. The molecule has 1 aliphatic carbocycles. The van der Waals surface area contributed by atoms with Crippen LogP contribution < -0.4 is 4.90 Å². The zero-order valence-corrected chi connectivity index (χ0v) is 13.4. The molecule has 0 unspecified atom stereocenters. The van der Waals surface area contributed by atoms with E-state index in [-0.39, 0.29) is 5.91 Å². The summed E-state index contributed by atoms with van der Waals surface area (Å²) < 4.78 is 15.5. The first-order valence-electron chi connectivity index (χ1n) is 7.59. The molecule has 2 aliphatic rings. The molecule has 0 N–H and O–H groups in total. The van der Waals surface area contributed by atoms with E-state index in [1.807, 2.05) is 11.8 Å². The van der Waals surface area contributed by atoms with Crippen LogP contribution in [0.25, 0.3) is 5.78 Å². The normalized spacial score (nSPS) is 20.1. The minimum Gasteiger partial charge on any atom is -0.336 e. The Morgan fingerprint density at radius 1 is 1.26 bits per heavy atom. The smallest absolute Gasteiger partial charge is 0.260 e. The molecule has 1 amide bonds. The molecule has 0 bridgehead atoms. The Morgan fingerprint density at radius 2 is 1.96 bits per heavy atom. The fraction of sp³-hybridized carbons (Fsp3) is 0.571. The number of anilines is 1. The average molecular weight is 339 g/mol. The lowest BCUT2D eigenvalue weighted by molar-refractivity contribution is -0.138. The van der Waals surface area contributed by atoms with Gasteiger partial charge in [0.25, 0.3) is 11.7 Å². The van der Waals surface area contributed by atoms with E-state index in [1.165, 1.54) is 0 Å². The van der Waals surface area contributed by atoms with Gasteiger partial charge in [-0.25, -0.2) is 4.39 Å². The Kier molecular flexibility index (Phi) is 3.19. The lowest BCUT2D eigenvalue weighted by atomic mass is 10.2. The highest BCUT2D eigenvalue weighted by atomic mass is 35.5. The Balaban J connectivity index is 1.50. The van der Waals surface area contributed by atoms with Crippen LogP contribution in [0.15, 0.2) is 6.07 Å². The van der Waals surface area contributed by atoms with E-state index in [0.29, 0.717) is 55.9 Å². The third-order valence-electron chi connectivity index (χ3n) is 4.37. The highest BCUT2D eigenvalue weighted by Gasteiger charge is 2.53. The number of hydrogen-bond donors (Lipinski definition) is 0. The van der Waals surface area contributed by atoms with Crippen LogP contribution in [0.5, 0.6) is 0 Å². The number of fused-ring (bicyclic) bond motifs is 1. The van der Waals surface area contributed by atoms with Crippen LogP contribution in [0.2, 0.25) is 5.15 Å². The van der Waals surface area contributed by atoms with Crippen molar-refractivity contribution in [3.63, 3.8) is 0 Å². The molecule has 0 atom stereocenters. The molecule has 2 aromatic rings. The van der Waals surface area contributed by atoms with Gasteiger partial charge in [0.15, 0.2) is 5.67 Å². The SMILES string of the molecule is Cc1cc(Cl)nc2nc(N3CCN(C(=O)C4(F)CC4)CC3)nn12. The van der Waals surface area contributed by atoms with Gasteiger partial charge in [0.1, 0.15) is 5.15 Å². The van der Waals surface area contributed by atoms with Gasteiger partial charge in [-0.2, -0.15) is 14.5 Å². The number of aromatic nitrogens is 4. The van der Waals surface area contributed by atoms with Crippen LogP contribution in [0.1, 0.15) is 18.5 Å². The number of piperazine rings is 1. The molecule has 1 saturated carbocycles. The minimum atomic E-state index is -1.60. The molecule has 9 heteroatoms. The average Bonchev–Trinajstić information content (AvgIpc) is 3.13. The summed E-state index contributed by atoms with van der Waals surface area (Å²) >= 11 is 5.94. The van der Waals surface area contributed by atoms with Gasteiger partial charge < -0.3 is 9.80 Å². The van der Waals surface area contributed by atoms with Crippen molar-refractivity contribution in [1.29, 1.82) is 0 Å². The van der Waals surface area contributed by atoms with Crippen LogP contribution in [-0.4, -0.2) is 62.2 Å². The summed E-state index contributed by atoms with van der Waals surface area (Å²) in [4.78, 5) is 24.1. The maximum absolute atomic E-state index is 13.9. The third kappa shape index (κ3) is 2.50. The first kappa shape index (κ1) is 14.6. The summed E-state index contributed by atoms with van der Waals surface area (Å²) in [5.41, 5.74) is -0.748. The molecule has 3 heterocycles. The Labute approximate surface area is 137 Å². The summed E-state index contributed by atoms with van der Waals surface area (Å²) in [7, 11) is 0. The Bertz CT molecular complexity index is 781. The number of nitrogens with zero attached hydrogens (tertiary/aromatic N) is 6. The molecule has 7 nitrogen and oxygen atoms in total. The van der Waals surface area contributed by atoms with Crippen molar-refractivity contribution in [2.75, 3.05) is 31.1 Å². The third-order valence-corrected chi connectivity index (χ3v) is 4.56. The van der Waals surface area contributed by atoms with Crippen molar-refractivity contribution >= 4 is 29.2 Å². The second-order valence-electron chi connectivity index (χ2n) is 6.09. The second kappa shape index (κ2) is 5.02. The Hall–Kier alpha value is -1.96. The van der Waals surface area contributed by atoms with E-state index in [0.717, 1.165) is 5.69 Å². The number of amides is 1. The van der Waals surface area contributed by atoms with Crippen LogP contribution in [0, 0.1) is 6.92 Å². The van der Waals surface area contributed by atoms with Crippen LogP contribution in [0.4, 0.5) is 10.3 Å². The fourth-order valence-electron chi connectivity index (χ4n) is 2.81. The van der Waals surface area contributed by atoms with Gasteiger partial charge in [-0.15, -0.1) is 5.10 Å². The highest BCUT2D eigenvalue weighted by Crippen LogP contribution is 2.41. The van der Waals surface area contributed by atoms with Crippen LogP contribution in [-0.2, 0) is 4.79 Å². The predicted octanol–water partition coefficient (Wildman–Crippen LogP) is 1.24. The number of hydrogen-bond acceptors (Lipinski definition) is 5. The van der Waals surface area contributed by atoms with Crippen molar-refractivity contribution in [2.24, 2.45) is 0 Å². The second-order valence-corrected chi connectivity index (χ2v) is 6.48. The van der Waals surface area contributed by atoms with Crippen LogP contribution >= 0.6 is 11.6 Å². The molecule has 0 radical (unpaired) electrons. The zero-order valence-electron chi connectivity index (χ0n) is 12.7. The topological polar surface area (TPSA) is 66.6 Å². The van der Waals surface area contributed by atoms with Crippen molar-refractivity contribution in [2.45, 2.75) is 25.4 Å². The lowest BCUT2D eigenvalue weighted by Crippen LogP contribution is -2.51. The summed E-state index contributed by atoms with van der Waals surface area (Å²) in [6.45, 7) is 3.99. The van der Waals surface area contributed by atoms with E-state index in [4.69, 9.17) is 11.6 Å². The Morgan fingerprint density at radius 3 is 2.61 bits per heavy atom. The maximum atomic E-state index is 13.9. The molecule has 1 aliphatic heterocycles. The first-order valence-corrected chi connectivity index (χ1v) is 7.97. The largest absolute Gasteiger partial charge is 0.336 e. The maximum Gasteiger partial charge on any atom is 0.260 e. The van der Waals surface area contributed by atoms with E-state index >= 15 is 0 Å². The molecule has 23 heavy (non-hydrogen) atoms. The minimum absolute atomic E-state index is 0.353. The summed E-state index contributed by atoms with van der Waals surface area (Å²) in [5, 5.41) is 4.82. The molecule has 2 aromatic heterocycles. The van der Waals surface area contributed by atoms with Gasteiger partial charge in [-0.05, 0) is 25.8 Å². The van der Waals surface area contributed by atoms with Gasteiger partial charge in [-0.1, -0.05) is 11.6 Å². The van der Waals surface area contributed by atoms with E-state index in [1.54, 1.807) is 15.5 Å². The van der Waals surface area contributed by atoms with Gasteiger partial charge in [0.2, 0.25) is 5.95 Å². The summed E-state index contributed by atoms with van der Waals surface area (Å²) in [5.74, 6) is 0.630.